The molecule has 0 aliphatic rings. The average Bonchev–Trinajstić information content (AvgIpc) is 2.28. The lowest BCUT2D eigenvalue weighted by atomic mass is 10.1. The van der Waals surface area contributed by atoms with E-state index in [4.69, 9.17) is 0 Å². The zero-order valence-electron chi connectivity index (χ0n) is 12.1. The highest BCUT2D eigenvalue weighted by molar-refractivity contribution is 5.85. The van der Waals surface area contributed by atoms with Crippen LogP contribution >= 0.6 is 12.4 Å². The highest BCUT2D eigenvalue weighted by atomic mass is 35.5. The Hall–Kier alpha value is -0.0100. The molecule has 0 aliphatic heterocycles. The molecule has 1 nitrogen and oxygen atoms in total. The molecule has 0 spiro atoms. The van der Waals surface area contributed by atoms with Gasteiger partial charge in [-0.1, -0.05) is 45.6 Å². The Bertz CT molecular complexity index is 149. The van der Waals surface area contributed by atoms with E-state index < -0.39 is 0 Å². The van der Waals surface area contributed by atoms with E-state index in [0.717, 1.165) is 6.42 Å². The van der Waals surface area contributed by atoms with Crippen LogP contribution in [0, 0.1) is 0 Å². The fourth-order valence-corrected chi connectivity index (χ4v) is 2.07. The van der Waals surface area contributed by atoms with Gasteiger partial charge in [-0.25, -0.2) is 0 Å². The summed E-state index contributed by atoms with van der Waals surface area (Å²) in [6.07, 6.45) is 11.2. The van der Waals surface area contributed by atoms with Gasteiger partial charge < -0.3 is 4.90 Å². The van der Waals surface area contributed by atoms with Crippen molar-refractivity contribution in [1.29, 1.82) is 0 Å². The summed E-state index contributed by atoms with van der Waals surface area (Å²) in [6, 6.07) is 0.672. The summed E-state index contributed by atoms with van der Waals surface area (Å²) < 4.78 is 0. The van der Waals surface area contributed by atoms with Gasteiger partial charge in [-0.15, -0.1) is 19.0 Å². The Morgan fingerprint density at radius 3 is 1.82 bits per heavy atom. The van der Waals surface area contributed by atoms with Gasteiger partial charge in [0.15, 0.2) is 0 Å². The van der Waals surface area contributed by atoms with Gasteiger partial charge in [0.05, 0.1) is 0 Å². The minimum atomic E-state index is 0. The molecule has 17 heavy (non-hydrogen) atoms. The molecule has 0 aromatic rings. The molecule has 0 saturated heterocycles. The van der Waals surface area contributed by atoms with Gasteiger partial charge >= 0.3 is 0 Å². The van der Waals surface area contributed by atoms with Gasteiger partial charge in [0.1, 0.15) is 0 Å². The second-order valence-electron chi connectivity index (χ2n) is 4.82. The first-order chi connectivity index (χ1) is 7.76. The highest BCUT2D eigenvalue weighted by Crippen LogP contribution is 2.09. The molecule has 0 radical (unpaired) electrons. The number of hydrogen-bond donors (Lipinski definition) is 0. The first-order valence-electron chi connectivity index (χ1n) is 7.11. The van der Waals surface area contributed by atoms with E-state index in [-0.39, 0.29) is 12.4 Å². The summed E-state index contributed by atoms with van der Waals surface area (Å²) in [6.45, 7) is 13.3. The Labute approximate surface area is 115 Å². The van der Waals surface area contributed by atoms with Crippen LogP contribution in [0.4, 0.5) is 0 Å². The minimum absolute atomic E-state index is 0. The first-order valence-corrected chi connectivity index (χ1v) is 7.11. The maximum atomic E-state index is 3.85. The normalized spacial score (nSPS) is 12.2. The van der Waals surface area contributed by atoms with Crippen molar-refractivity contribution < 1.29 is 0 Å². The van der Waals surface area contributed by atoms with Gasteiger partial charge in [-0.05, 0) is 39.3 Å². The number of rotatable bonds is 11. The molecule has 0 aromatic carbocycles. The summed E-state index contributed by atoms with van der Waals surface area (Å²) in [7, 11) is 0. The second-order valence-corrected chi connectivity index (χ2v) is 4.82. The molecule has 0 bridgehead atoms. The summed E-state index contributed by atoms with van der Waals surface area (Å²) in [5.41, 5.74) is 0. The third-order valence-corrected chi connectivity index (χ3v) is 3.23. The van der Waals surface area contributed by atoms with Crippen molar-refractivity contribution in [3.63, 3.8) is 0 Å². The predicted molar refractivity (Wildman–Crippen MR) is 82.1 cm³/mol. The van der Waals surface area contributed by atoms with E-state index in [9.17, 15) is 0 Å². The van der Waals surface area contributed by atoms with Gasteiger partial charge in [0.25, 0.3) is 0 Å². The summed E-state index contributed by atoms with van der Waals surface area (Å²) in [5, 5.41) is 0. The van der Waals surface area contributed by atoms with Crippen LogP contribution < -0.4 is 0 Å². The monoisotopic (exact) mass is 261 g/mol. The summed E-state index contributed by atoms with van der Waals surface area (Å²) in [4.78, 5) is 2.65. The lowest BCUT2D eigenvalue weighted by Crippen LogP contribution is -2.34. The molecule has 2 heteroatoms. The fraction of sp³-hybridized carbons (Fsp3) is 0.867. The number of hydrogen-bond acceptors (Lipinski definition) is 1. The van der Waals surface area contributed by atoms with Crippen LogP contribution in [0.5, 0.6) is 0 Å². The number of nitrogens with zero attached hydrogens (tertiary/aromatic N) is 1. The summed E-state index contributed by atoms with van der Waals surface area (Å²) in [5.74, 6) is 0. The average molecular weight is 262 g/mol. The molecular weight excluding hydrogens is 230 g/mol. The standard InChI is InChI=1S/C15H31N.ClH/c1-5-8-10-13-16(14-11-9-6-2)15(4)12-7-3;/h7,15H,3,5-6,8-14H2,1-2,4H3;1H. The van der Waals surface area contributed by atoms with Crippen LogP contribution in [0.1, 0.15) is 65.7 Å². The van der Waals surface area contributed by atoms with Crippen LogP contribution in [0.3, 0.4) is 0 Å². The molecule has 0 aliphatic carbocycles. The molecule has 0 rings (SSSR count). The zero-order valence-corrected chi connectivity index (χ0v) is 12.9. The molecule has 0 amide bonds. The summed E-state index contributed by atoms with van der Waals surface area (Å²) >= 11 is 0. The van der Waals surface area contributed by atoms with Crippen LogP contribution in [-0.2, 0) is 0 Å². The first kappa shape index (κ1) is 19.3. The lowest BCUT2D eigenvalue weighted by Gasteiger charge is -2.28. The third kappa shape index (κ3) is 10.8. The van der Waals surface area contributed by atoms with Crippen molar-refractivity contribution in [1.82, 2.24) is 4.90 Å². The van der Waals surface area contributed by atoms with E-state index in [2.05, 4.69) is 38.3 Å². The van der Waals surface area contributed by atoms with E-state index in [1.54, 1.807) is 0 Å². The minimum Gasteiger partial charge on any atom is -0.300 e. The van der Waals surface area contributed by atoms with Gasteiger partial charge in [-0.3, -0.25) is 0 Å². The van der Waals surface area contributed by atoms with E-state index in [1.807, 2.05) is 0 Å². The lowest BCUT2D eigenvalue weighted by molar-refractivity contribution is 0.201. The molecule has 0 aromatic heterocycles. The van der Waals surface area contributed by atoms with Crippen LogP contribution in [0.2, 0.25) is 0 Å². The Morgan fingerprint density at radius 1 is 1.00 bits per heavy atom. The molecule has 0 fully saturated rings. The smallest absolute Gasteiger partial charge is 0.0101 e. The van der Waals surface area contributed by atoms with E-state index >= 15 is 0 Å². The maximum Gasteiger partial charge on any atom is 0.0101 e. The number of unbranched alkanes of at least 4 members (excludes halogenated alkanes) is 4. The van der Waals surface area contributed by atoms with Gasteiger partial charge in [-0.2, -0.15) is 0 Å². The van der Waals surface area contributed by atoms with Crippen molar-refractivity contribution >= 4 is 12.4 Å². The van der Waals surface area contributed by atoms with Gasteiger partial charge in [0, 0.05) is 6.04 Å². The van der Waals surface area contributed by atoms with E-state index in [1.165, 1.54) is 51.6 Å². The van der Waals surface area contributed by atoms with Crippen molar-refractivity contribution in [2.45, 2.75) is 71.8 Å². The van der Waals surface area contributed by atoms with Crippen molar-refractivity contribution in [2.75, 3.05) is 13.1 Å². The Balaban J connectivity index is 0. The topological polar surface area (TPSA) is 3.24 Å². The molecule has 104 valence electrons. The quantitative estimate of drug-likeness (QED) is 0.371. The third-order valence-electron chi connectivity index (χ3n) is 3.23. The second kappa shape index (κ2) is 14.1. The number of halogens is 1. The molecule has 0 N–H and O–H groups in total. The Morgan fingerprint density at radius 2 is 1.47 bits per heavy atom. The maximum absolute atomic E-state index is 3.85. The molecule has 1 unspecified atom stereocenters. The van der Waals surface area contributed by atoms with Crippen LogP contribution in [0.25, 0.3) is 0 Å². The zero-order chi connectivity index (χ0) is 12.2. The van der Waals surface area contributed by atoms with E-state index in [0.29, 0.717) is 6.04 Å². The fourth-order valence-electron chi connectivity index (χ4n) is 2.07. The van der Waals surface area contributed by atoms with Crippen molar-refractivity contribution in [3.05, 3.63) is 12.7 Å². The molecule has 0 heterocycles. The highest BCUT2D eigenvalue weighted by Gasteiger charge is 2.11. The van der Waals surface area contributed by atoms with Gasteiger partial charge in [0.2, 0.25) is 0 Å². The van der Waals surface area contributed by atoms with Crippen LogP contribution in [0.15, 0.2) is 12.7 Å². The largest absolute Gasteiger partial charge is 0.300 e. The predicted octanol–water partition coefficient (Wildman–Crippen LogP) is 5.06. The van der Waals surface area contributed by atoms with Crippen molar-refractivity contribution in [3.8, 4) is 0 Å². The van der Waals surface area contributed by atoms with Crippen LogP contribution in [-0.4, -0.2) is 24.0 Å². The Kier molecular flexibility index (Phi) is 16.0. The molecular formula is C15H32ClN. The molecule has 1 atom stereocenters. The molecule has 0 saturated carbocycles. The SMILES string of the molecule is C=CCC(C)N(CCCCC)CCCCC.Cl. The van der Waals surface area contributed by atoms with Crippen molar-refractivity contribution in [2.24, 2.45) is 0 Å².